The lowest BCUT2D eigenvalue weighted by Crippen LogP contribution is -2.57. The summed E-state index contributed by atoms with van der Waals surface area (Å²) >= 11 is 0. The van der Waals surface area contributed by atoms with E-state index in [1.807, 2.05) is 24.3 Å². The third-order valence-electron chi connectivity index (χ3n) is 4.14. The minimum atomic E-state index is -3.36. The maximum absolute atomic E-state index is 11.6. The van der Waals surface area contributed by atoms with E-state index in [4.69, 9.17) is 4.74 Å². The maximum Gasteiger partial charge on any atom is 0.208 e. The zero-order valence-corrected chi connectivity index (χ0v) is 16.9. The lowest BCUT2D eigenvalue weighted by atomic mass is 10.0. The van der Waals surface area contributed by atoms with Crippen molar-refractivity contribution in [1.29, 1.82) is 0 Å². The Morgan fingerprint density at radius 2 is 1.65 bits per heavy atom. The molecule has 0 aliphatic carbocycles. The first kappa shape index (κ1) is 21.1. The van der Waals surface area contributed by atoms with Crippen LogP contribution in [0.25, 0.3) is 0 Å². The molecule has 1 aromatic carbocycles. The second kappa shape index (κ2) is 8.66. The predicted octanol–water partition coefficient (Wildman–Crippen LogP) is -0.221. The number of likely N-dealkylation sites (tertiary alicyclic amines) is 1. The van der Waals surface area contributed by atoms with Crippen molar-refractivity contribution >= 4 is 20.0 Å². The van der Waals surface area contributed by atoms with Crippen molar-refractivity contribution < 1.29 is 21.6 Å². The van der Waals surface area contributed by atoms with Crippen molar-refractivity contribution in [3.05, 3.63) is 29.8 Å². The Labute approximate surface area is 156 Å². The van der Waals surface area contributed by atoms with Crippen molar-refractivity contribution in [1.82, 2.24) is 14.3 Å². The Kier molecular flexibility index (Phi) is 7.03. The Bertz CT molecular complexity index is 769. The van der Waals surface area contributed by atoms with Gasteiger partial charge in [0.2, 0.25) is 20.0 Å². The topological polar surface area (TPSA) is 105 Å². The molecule has 2 rings (SSSR count). The molecule has 1 aliphatic heterocycles. The van der Waals surface area contributed by atoms with Gasteiger partial charge >= 0.3 is 0 Å². The molecule has 148 valence electrons. The molecule has 10 heteroatoms. The smallest absolute Gasteiger partial charge is 0.208 e. The zero-order valence-electron chi connectivity index (χ0n) is 15.3. The van der Waals surface area contributed by atoms with Crippen molar-refractivity contribution in [2.24, 2.45) is 0 Å². The normalized spacial score (nSPS) is 22.3. The van der Waals surface area contributed by atoms with Gasteiger partial charge in [0, 0.05) is 31.7 Å². The molecule has 0 amide bonds. The number of benzene rings is 1. The molecule has 8 nitrogen and oxygen atoms in total. The number of rotatable bonds is 8. The summed E-state index contributed by atoms with van der Waals surface area (Å²) in [6.45, 7) is 1.77. The van der Waals surface area contributed by atoms with Gasteiger partial charge in [0.25, 0.3) is 0 Å². The molecule has 0 unspecified atom stereocenters. The number of methoxy groups -OCH3 is 1. The van der Waals surface area contributed by atoms with Gasteiger partial charge in [-0.05, 0) is 30.5 Å². The zero-order chi connectivity index (χ0) is 19.4. The molecule has 0 saturated carbocycles. The van der Waals surface area contributed by atoms with E-state index in [2.05, 4.69) is 14.3 Å². The highest BCUT2D eigenvalue weighted by molar-refractivity contribution is 7.89. The van der Waals surface area contributed by atoms with Gasteiger partial charge < -0.3 is 4.74 Å². The van der Waals surface area contributed by atoms with E-state index >= 15 is 0 Å². The van der Waals surface area contributed by atoms with Crippen LogP contribution in [0.2, 0.25) is 0 Å². The Balaban J connectivity index is 2.04. The average Bonchev–Trinajstić information content (AvgIpc) is 2.49. The van der Waals surface area contributed by atoms with E-state index in [1.165, 1.54) is 0 Å². The van der Waals surface area contributed by atoms with E-state index in [0.717, 1.165) is 30.2 Å². The number of piperidine rings is 1. The van der Waals surface area contributed by atoms with E-state index < -0.39 is 20.0 Å². The highest BCUT2D eigenvalue weighted by Crippen LogP contribution is 2.16. The fourth-order valence-corrected chi connectivity index (χ4v) is 4.82. The van der Waals surface area contributed by atoms with Gasteiger partial charge in [0.1, 0.15) is 5.75 Å². The molecule has 0 radical (unpaired) electrons. The number of nitrogens with zero attached hydrogens (tertiary/aromatic N) is 1. The molecule has 0 spiro atoms. The molecule has 0 aromatic heterocycles. The minimum absolute atomic E-state index is 0.330. The summed E-state index contributed by atoms with van der Waals surface area (Å²) in [5.41, 5.74) is 1.11. The summed E-state index contributed by atoms with van der Waals surface area (Å²) in [6, 6.07) is 7.11. The molecule has 1 fully saturated rings. The molecule has 1 heterocycles. The van der Waals surface area contributed by atoms with Crippen LogP contribution in [0, 0.1) is 0 Å². The Morgan fingerprint density at radius 1 is 1.08 bits per heavy atom. The van der Waals surface area contributed by atoms with Crippen LogP contribution >= 0.6 is 0 Å². The van der Waals surface area contributed by atoms with Gasteiger partial charge in [0.15, 0.2) is 0 Å². The van der Waals surface area contributed by atoms with Crippen LogP contribution in [-0.4, -0.2) is 73.1 Å². The summed E-state index contributed by atoms with van der Waals surface area (Å²) in [4.78, 5) is 2.08. The van der Waals surface area contributed by atoms with Gasteiger partial charge in [-0.3, -0.25) is 4.90 Å². The monoisotopic (exact) mass is 405 g/mol. The number of hydrogen-bond acceptors (Lipinski definition) is 6. The van der Waals surface area contributed by atoms with Gasteiger partial charge in [-0.1, -0.05) is 12.1 Å². The molecule has 2 atom stereocenters. The summed E-state index contributed by atoms with van der Waals surface area (Å²) in [7, 11) is -5.10. The van der Waals surface area contributed by atoms with Crippen LogP contribution in [0.5, 0.6) is 5.75 Å². The molecule has 1 aliphatic rings. The SMILES string of the molecule is COc1cccc(CCN2C[C@H](NS(C)(=O)=O)C[C@H](NS(C)(=O)=O)C2)c1. The van der Waals surface area contributed by atoms with E-state index in [0.29, 0.717) is 26.1 Å². The third-order valence-corrected chi connectivity index (χ3v) is 5.66. The second-order valence-electron chi connectivity index (χ2n) is 6.77. The number of sulfonamides is 2. The lowest BCUT2D eigenvalue weighted by Gasteiger charge is -2.37. The standard InChI is InChI=1S/C16H27N3O5S2/c1-24-16-6-4-5-13(9-16)7-8-19-11-14(17-25(2,20)21)10-15(12-19)18-26(3,22)23/h4-6,9,14-15,17-18H,7-8,10-12H2,1-3H3/t14-,15+. The van der Waals surface area contributed by atoms with Crippen LogP contribution in [0.4, 0.5) is 0 Å². The number of nitrogens with one attached hydrogen (secondary N) is 2. The average molecular weight is 406 g/mol. The molecule has 1 saturated heterocycles. The minimum Gasteiger partial charge on any atom is -0.497 e. The van der Waals surface area contributed by atoms with Crippen LogP contribution in [-0.2, 0) is 26.5 Å². The van der Waals surface area contributed by atoms with Gasteiger partial charge in [0.05, 0.1) is 19.6 Å². The molecule has 0 bridgehead atoms. The summed E-state index contributed by atoms with van der Waals surface area (Å²) in [6.07, 6.45) is 3.41. The Morgan fingerprint density at radius 3 is 2.15 bits per heavy atom. The number of ether oxygens (including phenoxy) is 1. The van der Waals surface area contributed by atoms with Gasteiger partial charge in [-0.2, -0.15) is 0 Å². The molecule has 1 aromatic rings. The fraction of sp³-hybridized carbons (Fsp3) is 0.625. The van der Waals surface area contributed by atoms with Crippen LogP contribution < -0.4 is 14.2 Å². The van der Waals surface area contributed by atoms with E-state index in [1.54, 1.807) is 7.11 Å². The summed E-state index contributed by atoms with van der Waals surface area (Å²) in [5, 5.41) is 0. The predicted molar refractivity (Wildman–Crippen MR) is 101 cm³/mol. The lowest BCUT2D eigenvalue weighted by molar-refractivity contribution is 0.178. The highest BCUT2D eigenvalue weighted by atomic mass is 32.2. The third kappa shape index (κ3) is 7.58. The second-order valence-corrected chi connectivity index (χ2v) is 10.3. The first-order chi connectivity index (χ1) is 12.0. The van der Waals surface area contributed by atoms with Crippen LogP contribution in [0.1, 0.15) is 12.0 Å². The Hall–Kier alpha value is -1.20. The first-order valence-corrected chi connectivity index (χ1v) is 12.1. The molecular formula is C16H27N3O5S2. The molecule has 2 N–H and O–H groups in total. The maximum atomic E-state index is 11.6. The van der Waals surface area contributed by atoms with E-state index in [9.17, 15) is 16.8 Å². The highest BCUT2D eigenvalue weighted by Gasteiger charge is 2.30. The summed E-state index contributed by atoms with van der Waals surface area (Å²) < 4.78 is 56.7. The van der Waals surface area contributed by atoms with E-state index in [-0.39, 0.29) is 12.1 Å². The quantitative estimate of drug-likeness (QED) is 0.620. The molecule has 26 heavy (non-hydrogen) atoms. The van der Waals surface area contributed by atoms with Crippen molar-refractivity contribution in [3.8, 4) is 5.75 Å². The van der Waals surface area contributed by atoms with Crippen molar-refractivity contribution in [2.45, 2.75) is 24.9 Å². The fourth-order valence-electron chi connectivity index (χ4n) is 3.26. The van der Waals surface area contributed by atoms with Gasteiger partial charge in [-0.25, -0.2) is 26.3 Å². The summed E-state index contributed by atoms with van der Waals surface area (Å²) in [5.74, 6) is 0.786. The number of hydrogen-bond donors (Lipinski definition) is 2. The van der Waals surface area contributed by atoms with Crippen molar-refractivity contribution in [2.75, 3.05) is 39.3 Å². The van der Waals surface area contributed by atoms with Gasteiger partial charge in [-0.15, -0.1) is 0 Å². The van der Waals surface area contributed by atoms with Crippen molar-refractivity contribution in [3.63, 3.8) is 0 Å². The first-order valence-electron chi connectivity index (χ1n) is 8.34. The largest absolute Gasteiger partial charge is 0.497 e. The van der Waals surface area contributed by atoms with Crippen LogP contribution in [0.3, 0.4) is 0 Å². The molecular weight excluding hydrogens is 378 g/mol. The van der Waals surface area contributed by atoms with Crippen LogP contribution in [0.15, 0.2) is 24.3 Å².